The lowest BCUT2D eigenvalue weighted by atomic mass is 9.92. The van der Waals surface area contributed by atoms with E-state index in [0.29, 0.717) is 5.41 Å². The fourth-order valence-corrected chi connectivity index (χ4v) is 2.53. The molecule has 1 aromatic rings. The van der Waals surface area contributed by atoms with Crippen molar-refractivity contribution in [2.75, 3.05) is 13.1 Å². The molecule has 1 heterocycles. The molecule has 0 atom stereocenters. The Balaban J connectivity index is 1.80. The Morgan fingerprint density at radius 2 is 2.00 bits per heavy atom. The Hall–Kier alpha value is -1.02. The van der Waals surface area contributed by atoms with Gasteiger partial charge in [-0.3, -0.25) is 4.99 Å². The monoisotopic (exact) mass is 234 g/mol. The van der Waals surface area contributed by atoms with Crippen molar-refractivity contribution in [2.45, 2.75) is 24.7 Å². The van der Waals surface area contributed by atoms with Crippen LogP contribution >= 0.6 is 11.6 Å². The van der Waals surface area contributed by atoms with E-state index in [0.717, 1.165) is 24.5 Å². The Morgan fingerprint density at radius 1 is 1.25 bits per heavy atom. The summed E-state index contributed by atoms with van der Waals surface area (Å²) in [6.45, 7) is 1.94. The number of benzene rings is 1. The summed E-state index contributed by atoms with van der Waals surface area (Å²) in [4.78, 5) is 4.48. The van der Waals surface area contributed by atoms with Crippen molar-refractivity contribution in [3.05, 3.63) is 34.9 Å². The van der Waals surface area contributed by atoms with Gasteiger partial charge in [0.2, 0.25) is 0 Å². The van der Waals surface area contributed by atoms with Crippen molar-refractivity contribution in [3.8, 4) is 0 Å². The van der Waals surface area contributed by atoms with Gasteiger partial charge < -0.3 is 5.32 Å². The predicted molar refractivity (Wildman–Crippen MR) is 67.3 cm³/mol. The Labute approximate surface area is 101 Å². The van der Waals surface area contributed by atoms with Crippen molar-refractivity contribution in [3.63, 3.8) is 0 Å². The van der Waals surface area contributed by atoms with Crippen LogP contribution in [0.1, 0.15) is 24.8 Å². The summed E-state index contributed by atoms with van der Waals surface area (Å²) in [7, 11) is 0. The smallest absolute Gasteiger partial charge is 0.0973 e. The van der Waals surface area contributed by atoms with Gasteiger partial charge in [-0.15, -0.1) is 0 Å². The SMILES string of the molecule is Clc1ccc(C2(CC3=NCCN3)CC2)cc1. The van der Waals surface area contributed by atoms with E-state index >= 15 is 0 Å². The molecule has 0 amide bonds. The summed E-state index contributed by atoms with van der Waals surface area (Å²) in [6.07, 6.45) is 3.61. The second-order valence-electron chi connectivity index (χ2n) is 4.72. The number of hydrogen-bond acceptors (Lipinski definition) is 2. The third kappa shape index (κ3) is 1.82. The maximum atomic E-state index is 5.92. The molecule has 1 aliphatic carbocycles. The summed E-state index contributed by atoms with van der Waals surface area (Å²) < 4.78 is 0. The van der Waals surface area contributed by atoms with Crippen LogP contribution in [0.4, 0.5) is 0 Å². The zero-order valence-corrected chi connectivity index (χ0v) is 9.93. The number of aliphatic imine (C=N–C) groups is 1. The van der Waals surface area contributed by atoms with Crippen LogP contribution in [0.25, 0.3) is 0 Å². The van der Waals surface area contributed by atoms with Gasteiger partial charge in [-0.1, -0.05) is 23.7 Å². The summed E-state index contributed by atoms with van der Waals surface area (Å²) in [5.41, 5.74) is 1.76. The quantitative estimate of drug-likeness (QED) is 0.855. The molecular formula is C13H15ClN2. The van der Waals surface area contributed by atoms with Crippen LogP contribution in [-0.4, -0.2) is 18.9 Å². The second-order valence-corrected chi connectivity index (χ2v) is 5.16. The van der Waals surface area contributed by atoms with Gasteiger partial charge in [0.15, 0.2) is 0 Å². The molecule has 16 heavy (non-hydrogen) atoms. The van der Waals surface area contributed by atoms with Crippen LogP contribution in [0, 0.1) is 0 Å². The number of rotatable bonds is 3. The molecule has 3 heteroatoms. The van der Waals surface area contributed by atoms with Gasteiger partial charge in [0.1, 0.15) is 0 Å². The van der Waals surface area contributed by atoms with E-state index in [1.807, 2.05) is 12.1 Å². The normalized spacial score (nSPS) is 21.4. The average Bonchev–Trinajstić information content (AvgIpc) is 2.88. The molecule has 1 fully saturated rings. The Kier molecular flexibility index (Phi) is 2.40. The number of nitrogens with one attached hydrogen (secondary N) is 1. The Morgan fingerprint density at radius 3 is 2.56 bits per heavy atom. The molecule has 0 unspecified atom stereocenters. The lowest BCUT2D eigenvalue weighted by Gasteiger charge is -2.15. The molecule has 1 saturated carbocycles. The second kappa shape index (κ2) is 3.77. The van der Waals surface area contributed by atoms with Gasteiger partial charge in [-0.2, -0.15) is 0 Å². The molecule has 2 nitrogen and oxygen atoms in total. The lowest BCUT2D eigenvalue weighted by molar-refractivity contribution is 0.718. The molecule has 1 aliphatic heterocycles. The van der Waals surface area contributed by atoms with Crippen molar-refractivity contribution < 1.29 is 0 Å². The maximum Gasteiger partial charge on any atom is 0.0973 e. The highest BCUT2D eigenvalue weighted by Crippen LogP contribution is 2.51. The first-order chi connectivity index (χ1) is 7.78. The van der Waals surface area contributed by atoms with Crippen LogP contribution in [0.15, 0.2) is 29.3 Å². The minimum atomic E-state index is 0.348. The van der Waals surface area contributed by atoms with Gasteiger partial charge in [0.25, 0.3) is 0 Å². The van der Waals surface area contributed by atoms with E-state index in [9.17, 15) is 0 Å². The van der Waals surface area contributed by atoms with Crippen LogP contribution in [0.5, 0.6) is 0 Å². The average molecular weight is 235 g/mol. The molecule has 2 aliphatic rings. The fourth-order valence-electron chi connectivity index (χ4n) is 2.41. The first kappa shape index (κ1) is 10.2. The van der Waals surface area contributed by atoms with E-state index in [1.54, 1.807) is 0 Å². The van der Waals surface area contributed by atoms with Gasteiger partial charge in [0, 0.05) is 23.4 Å². The maximum absolute atomic E-state index is 5.92. The molecule has 1 aromatic carbocycles. The van der Waals surface area contributed by atoms with Crippen molar-refractivity contribution in [2.24, 2.45) is 4.99 Å². The minimum absolute atomic E-state index is 0.348. The molecule has 0 bridgehead atoms. The van der Waals surface area contributed by atoms with E-state index in [-0.39, 0.29) is 0 Å². The largest absolute Gasteiger partial charge is 0.372 e. The van der Waals surface area contributed by atoms with Crippen molar-refractivity contribution in [1.29, 1.82) is 0 Å². The van der Waals surface area contributed by atoms with Crippen molar-refractivity contribution >= 4 is 17.4 Å². The number of amidine groups is 1. The number of halogens is 1. The van der Waals surface area contributed by atoms with Crippen LogP contribution in [-0.2, 0) is 5.41 Å². The van der Waals surface area contributed by atoms with E-state index < -0.39 is 0 Å². The van der Waals surface area contributed by atoms with Gasteiger partial charge in [-0.05, 0) is 30.5 Å². The zero-order valence-electron chi connectivity index (χ0n) is 9.17. The Bertz CT molecular complexity index is 418. The van der Waals surface area contributed by atoms with Gasteiger partial charge >= 0.3 is 0 Å². The summed E-state index contributed by atoms with van der Waals surface area (Å²) >= 11 is 5.92. The fraction of sp³-hybridized carbons (Fsp3) is 0.462. The molecule has 1 N–H and O–H groups in total. The predicted octanol–water partition coefficient (Wildman–Crippen LogP) is 2.76. The summed E-state index contributed by atoms with van der Waals surface area (Å²) in [5, 5.41) is 4.17. The van der Waals surface area contributed by atoms with E-state index in [4.69, 9.17) is 11.6 Å². The summed E-state index contributed by atoms with van der Waals surface area (Å²) in [6, 6.07) is 8.29. The minimum Gasteiger partial charge on any atom is -0.372 e. The molecule has 3 rings (SSSR count). The van der Waals surface area contributed by atoms with Crippen LogP contribution in [0.2, 0.25) is 5.02 Å². The highest BCUT2D eigenvalue weighted by atomic mass is 35.5. The van der Waals surface area contributed by atoms with Crippen molar-refractivity contribution in [1.82, 2.24) is 5.32 Å². The lowest BCUT2D eigenvalue weighted by Crippen LogP contribution is -2.23. The molecular weight excluding hydrogens is 220 g/mol. The number of hydrogen-bond donors (Lipinski definition) is 1. The molecule has 84 valence electrons. The molecule has 0 aromatic heterocycles. The van der Waals surface area contributed by atoms with Gasteiger partial charge in [0.05, 0.1) is 12.4 Å². The highest BCUT2D eigenvalue weighted by molar-refractivity contribution is 6.30. The third-order valence-electron chi connectivity index (χ3n) is 3.56. The first-order valence-corrected chi connectivity index (χ1v) is 6.20. The van der Waals surface area contributed by atoms with E-state index in [2.05, 4.69) is 22.4 Å². The number of nitrogens with zero attached hydrogens (tertiary/aromatic N) is 1. The highest BCUT2D eigenvalue weighted by Gasteiger charge is 2.45. The molecule has 0 radical (unpaired) electrons. The molecule has 0 spiro atoms. The summed E-state index contributed by atoms with van der Waals surface area (Å²) in [5.74, 6) is 1.19. The van der Waals surface area contributed by atoms with E-state index in [1.165, 1.54) is 24.2 Å². The molecule has 0 saturated heterocycles. The standard InChI is InChI=1S/C13H15ClN2/c14-11-3-1-10(2-4-11)13(5-6-13)9-12-15-7-8-16-12/h1-4H,5-9H2,(H,15,16). The first-order valence-electron chi connectivity index (χ1n) is 5.82. The van der Waals surface area contributed by atoms with Crippen LogP contribution < -0.4 is 5.32 Å². The van der Waals surface area contributed by atoms with Crippen LogP contribution in [0.3, 0.4) is 0 Å². The van der Waals surface area contributed by atoms with Gasteiger partial charge in [-0.25, -0.2) is 0 Å². The zero-order chi connectivity index (χ0) is 11.0. The topological polar surface area (TPSA) is 24.4 Å². The third-order valence-corrected chi connectivity index (χ3v) is 3.81.